The summed E-state index contributed by atoms with van der Waals surface area (Å²) in [4.78, 5) is 15.0. The molecular weight excluding hydrogens is 413 g/mol. The molecule has 2 aliphatic heterocycles. The van der Waals surface area contributed by atoms with E-state index in [0.29, 0.717) is 30.2 Å². The van der Waals surface area contributed by atoms with Gasteiger partial charge >= 0.3 is 0 Å². The van der Waals surface area contributed by atoms with Gasteiger partial charge in [0, 0.05) is 42.7 Å². The number of piperazine rings is 1. The minimum atomic E-state index is -3.70. The Hall–Kier alpha value is -2.10. The van der Waals surface area contributed by atoms with Crippen LogP contribution in [0.5, 0.6) is 0 Å². The van der Waals surface area contributed by atoms with Crippen molar-refractivity contribution in [3.8, 4) is 0 Å². The largest absolute Gasteiger partial charge is 0.367 e. The highest BCUT2D eigenvalue weighted by Crippen LogP contribution is 2.35. The molecule has 1 N–H and O–H groups in total. The first kappa shape index (κ1) is 20.2. The van der Waals surface area contributed by atoms with Crippen LogP contribution in [0.25, 0.3) is 0 Å². The van der Waals surface area contributed by atoms with Crippen LogP contribution in [0.4, 0.5) is 15.8 Å². The fourth-order valence-corrected chi connectivity index (χ4v) is 5.93. The molecular formula is C20H22FN3O3S2. The topological polar surface area (TPSA) is 69.7 Å². The number of fused-ring (bicyclic) bond motifs is 1. The summed E-state index contributed by atoms with van der Waals surface area (Å²) in [6, 6.07) is 11.4. The monoisotopic (exact) mass is 435 g/mol. The van der Waals surface area contributed by atoms with Gasteiger partial charge in [-0.25, -0.2) is 12.8 Å². The number of hydrogen-bond donors (Lipinski definition) is 1. The summed E-state index contributed by atoms with van der Waals surface area (Å²) < 4.78 is 41.7. The molecule has 0 saturated carbocycles. The fraction of sp³-hybridized carbons (Fsp3) is 0.350. The lowest BCUT2D eigenvalue weighted by atomic mass is 10.2. The predicted molar refractivity (Wildman–Crippen MR) is 112 cm³/mol. The maximum absolute atomic E-state index is 14.0. The number of anilines is 2. The van der Waals surface area contributed by atoms with Crippen molar-refractivity contribution in [1.82, 2.24) is 4.31 Å². The average Bonchev–Trinajstić information content (AvgIpc) is 2.86. The lowest BCUT2D eigenvalue weighted by Crippen LogP contribution is -2.48. The van der Waals surface area contributed by atoms with Crippen molar-refractivity contribution in [1.29, 1.82) is 0 Å². The summed E-state index contributed by atoms with van der Waals surface area (Å²) in [6.45, 7) is 3.21. The van der Waals surface area contributed by atoms with Crippen LogP contribution < -0.4 is 10.2 Å². The molecule has 4 rings (SSSR count). The molecule has 0 radical (unpaired) electrons. The van der Waals surface area contributed by atoms with E-state index in [0.717, 1.165) is 4.90 Å². The van der Waals surface area contributed by atoms with E-state index in [1.807, 2.05) is 11.8 Å². The minimum absolute atomic E-state index is 0.107. The summed E-state index contributed by atoms with van der Waals surface area (Å²) in [5.74, 6) is 0.100. The van der Waals surface area contributed by atoms with Gasteiger partial charge < -0.3 is 10.2 Å². The molecule has 2 heterocycles. The highest BCUT2D eigenvalue weighted by Gasteiger charge is 2.30. The molecule has 1 atom stereocenters. The quantitative estimate of drug-likeness (QED) is 0.803. The molecule has 154 valence electrons. The Morgan fingerprint density at radius 2 is 1.83 bits per heavy atom. The van der Waals surface area contributed by atoms with Gasteiger partial charge in [-0.2, -0.15) is 4.31 Å². The molecule has 2 aromatic rings. The van der Waals surface area contributed by atoms with Crippen molar-refractivity contribution in [3.63, 3.8) is 0 Å². The van der Waals surface area contributed by atoms with Gasteiger partial charge in [-0.15, -0.1) is 11.8 Å². The standard InChI is InChI=1S/C20H22FN3O3S2/c1-14-13-28-19-7-6-15(12-17(19)22-20(14)25)29(26,27)24-10-8-23(9-11-24)18-5-3-2-4-16(18)21/h2-7,12,14H,8-11,13H2,1H3,(H,22,25)/t14-/m0/s1. The zero-order chi connectivity index (χ0) is 20.6. The van der Waals surface area contributed by atoms with Crippen LogP contribution in [0.2, 0.25) is 0 Å². The third-order valence-electron chi connectivity index (χ3n) is 5.21. The Bertz CT molecular complexity index is 1040. The van der Waals surface area contributed by atoms with Crippen LogP contribution in [-0.2, 0) is 14.8 Å². The van der Waals surface area contributed by atoms with Gasteiger partial charge in [-0.3, -0.25) is 4.79 Å². The zero-order valence-corrected chi connectivity index (χ0v) is 17.6. The number of carbonyl (C=O) groups excluding carboxylic acids is 1. The molecule has 6 nitrogen and oxygen atoms in total. The van der Waals surface area contributed by atoms with E-state index in [4.69, 9.17) is 0 Å². The van der Waals surface area contributed by atoms with Crippen molar-refractivity contribution in [2.45, 2.75) is 16.7 Å². The number of rotatable bonds is 3. The molecule has 29 heavy (non-hydrogen) atoms. The highest BCUT2D eigenvalue weighted by atomic mass is 32.2. The van der Waals surface area contributed by atoms with Crippen molar-refractivity contribution < 1.29 is 17.6 Å². The summed E-state index contributed by atoms with van der Waals surface area (Å²) in [7, 11) is -3.70. The molecule has 0 bridgehead atoms. The number of nitrogens with one attached hydrogen (secondary N) is 1. The third-order valence-corrected chi connectivity index (χ3v) is 8.44. The van der Waals surface area contributed by atoms with Crippen LogP contribution in [-0.4, -0.2) is 50.6 Å². The number of halogens is 1. The molecule has 1 fully saturated rings. The van der Waals surface area contributed by atoms with E-state index in [-0.39, 0.29) is 35.6 Å². The summed E-state index contributed by atoms with van der Waals surface area (Å²) >= 11 is 1.54. The van der Waals surface area contributed by atoms with E-state index in [9.17, 15) is 17.6 Å². The summed E-state index contributed by atoms with van der Waals surface area (Å²) in [5, 5.41) is 2.83. The van der Waals surface area contributed by atoms with Crippen molar-refractivity contribution in [2.75, 3.05) is 42.1 Å². The molecule has 0 spiro atoms. The summed E-state index contributed by atoms with van der Waals surface area (Å²) in [6.07, 6.45) is 0. The van der Waals surface area contributed by atoms with Gasteiger partial charge in [0.05, 0.1) is 16.3 Å². The van der Waals surface area contributed by atoms with E-state index < -0.39 is 10.0 Å². The number of benzene rings is 2. The van der Waals surface area contributed by atoms with Crippen LogP contribution >= 0.6 is 11.8 Å². The Labute approximate surface area is 174 Å². The highest BCUT2D eigenvalue weighted by molar-refractivity contribution is 7.99. The number of carbonyl (C=O) groups is 1. The number of thioether (sulfide) groups is 1. The lowest BCUT2D eigenvalue weighted by molar-refractivity contribution is -0.118. The van der Waals surface area contributed by atoms with Gasteiger partial charge in [0.15, 0.2) is 0 Å². The second kappa shape index (κ2) is 7.97. The molecule has 2 aromatic carbocycles. The molecule has 9 heteroatoms. The van der Waals surface area contributed by atoms with Crippen molar-refractivity contribution in [2.24, 2.45) is 5.92 Å². The first-order valence-electron chi connectivity index (χ1n) is 9.43. The van der Waals surface area contributed by atoms with E-state index in [1.54, 1.807) is 42.1 Å². The smallest absolute Gasteiger partial charge is 0.243 e. The van der Waals surface area contributed by atoms with Gasteiger partial charge in [0.1, 0.15) is 5.82 Å². The third kappa shape index (κ3) is 3.99. The molecule has 0 unspecified atom stereocenters. The Morgan fingerprint density at radius 3 is 2.55 bits per heavy atom. The first-order valence-corrected chi connectivity index (χ1v) is 11.9. The SMILES string of the molecule is C[C@H]1CSc2ccc(S(=O)(=O)N3CCN(c4ccccc4F)CC3)cc2NC1=O. The van der Waals surface area contributed by atoms with Crippen LogP contribution in [0.15, 0.2) is 52.3 Å². The zero-order valence-electron chi connectivity index (χ0n) is 16.0. The average molecular weight is 436 g/mol. The predicted octanol–water partition coefficient (Wildman–Crippen LogP) is 3.02. The second-order valence-corrected chi connectivity index (χ2v) is 10.2. The second-order valence-electron chi connectivity index (χ2n) is 7.20. The molecule has 1 saturated heterocycles. The van der Waals surface area contributed by atoms with Crippen LogP contribution in [0, 0.1) is 11.7 Å². The normalized spacial score (nSPS) is 20.7. The molecule has 2 aliphatic rings. The minimum Gasteiger partial charge on any atom is -0.367 e. The lowest BCUT2D eigenvalue weighted by Gasteiger charge is -2.35. The number of hydrogen-bond acceptors (Lipinski definition) is 5. The van der Waals surface area contributed by atoms with Crippen LogP contribution in [0.3, 0.4) is 0 Å². The Morgan fingerprint density at radius 1 is 1.10 bits per heavy atom. The summed E-state index contributed by atoms with van der Waals surface area (Å²) in [5.41, 5.74) is 1.03. The molecule has 1 amide bonds. The van der Waals surface area contributed by atoms with Gasteiger partial charge in [0.2, 0.25) is 15.9 Å². The first-order chi connectivity index (χ1) is 13.9. The molecule has 0 aromatic heterocycles. The van der Waals surface area contributed by atoms with Crippen molar-refractivity contribution >= 4 is 39.1 Å². The maximum Gasteiger partial charge on any atom is 0.243 e. The number of sulfonamides is 1. The number of amides is 1. The van der Waals surface area contributed by atoms with E-state index in [1.165, 1.54) is 16.4 Å². The number of para-hydroxylation sites is 1. The maximum atomic E-state index is 14.0. The Kier molecular flexibility index (Phi) is 5.54. The van der Waals surface area contributed by atoms with Crippen LogP contribution in [0.1, 0.15) is 6.92 Å². The number of nitrogens with zero attached hydrogens (tertiary/aromatic N) is 2. The Balaban J connectivity index is 1.52. The van der Waals surface area contributed by atoms with Gasteiger partial charge in [-0.05, 0) is 30.3 Å². The fourth-order valence-electron chi connectivity index (χ4n) is 3.47. The van der Waals surface area contributed by atoms with E-state index in [2.05, 4.69) is 5.32 Å². The van der Waals surface area contributed by atoms with E-state index >= 15 is 0 Å². The molecule has 0 aliphatic carbocycles. The van der Waals surface area contributed by atoms with Crippen molar-refractivity contribution in [3.05, 3.63) is 48.3 Å². The van der Waals surface area contributed by atoms with Gasteiger partial charge in [-0.1, -0.05) is 19.1 Å². The van der Waals surface area contributed by atoms with Gasteiger partial charge in [0.25, 0.3) is 0 Å².